The number of hydrogen-bond donors (Lipinski definition) is 0. The second kappa shape index (κ2) is 7.90. The van der Waals surface area contributed by atoms with Crippen molar-refractivity contribution in [2.45, 2.75) is 43.5 Å². The average Bonchev–Trinajstić information content (AvgIpc) is 3.40. The van der Waals surface area contributed by atoms with E-state index < -0.39 is 0 Å². The Morgan fingerprint density at radius 1 is 1.03 bits per heavy atom. The highest BCUT2D eigenvalue weighted by molar-refractivity contribution is 7.98. The zero-order valence-corrected chi connectivity index (χ0v) is 19.4. The molecule has 0 unspecified atom stereocenters. The average molecular weight is 459 g/mol. The molecule has 5 nitrogen and oxygen atoms in total. The maximum Gasteiger partial charge on any atom is 0.268 e. The van der Waals surface area contributed by atoms with Crippen LogP contribution in [0.4, 0.5) is 0 Å². The van der Waals surface area contributed by atoms with Gasteiger partial charge in [-0.3, -0.25) is 4.79 Å². The summed E-state index contributed by atoms with van der Waals surface area (Å²) >= 11 is 3.41. The number of fused-ring (bicyclic) bond motifs is 5. The molecule has 2 aromatic carbocycles. The lowest BCUT2D eigenvalue weighted by Gasteiger charge is -2.12. The van der Waals surface area contributed by atoms with Crippen LogP contribution in [0, 0.1) is 6.92 Å². The smallest absolute Gasteiger partial charge is 0.268 e. The third kappa shape index (κ3) is 3.19. The summed E-state index contributed by atoms with van der Waals surface area (Å²) in [4.78, 5) is 16.2. The molecule has 0 saturated heterocycles. The van der Waals surface area contributed by atoms with Gasteiger partial charge in [0.15, 0.2) is 5.16 Å². The van der Waals surface area contributed by atoms with E-state index in [1.165, 1.54) is 22.4 Å². The van der Waals surface area contributed by atoms with E-state index >= 15 is 0 Å². The van der Waals surface area contributed by atoms with Crippen LogP contribution in [0.15, 0.2) is 64.5 Å². The van der Waals surface area contributed by atoms with Crippen molar-refractivity contribution in [1.82, 2.24) is 19.2 Å². The molecular weight excluding hydrogens is 436 g/mol. The Kier molecular flexibility index (Phi) is 4.88. The van der Waals surface area contributed by atoms with E-state index in [4.69, 9.17) is 0 Å². The van der Waals surface area contributed by atoms with Crippen LogP contribution >= 0.6 is 23.1 Å². The molecule has 0 bridgehead atoms. The highest BCUT2D eigenvalue weighted by atomic mass is 32.2. The van der Waals surface area contributed by atoms with Crippen LogP contribution in [0.1, 0.15) is 34.4 Å². The molecule has 0 atom stereocenters. The number of aryl methyl sites for hydroxylation is 3. The van der Waals surface area contributed by atoms with E-state index in [9.17, 15) is 4.79 Å². The first-order valence-electron chi connectivity index (χ1n) is 10.9. The zero-order chi connectivity index (χ0) is 21.7. The van der Waals surface area contributed by atoms with Crippen LogP contribution in [-0.4, -0.2) is 19.2 Å². The predicted molar refractivity (Wildman–Crippen MR) is 131 cm³/mol. The quantitative estimate of drug-likeness (QED) is 0.330. The minimum Gasteiger partial charge on any atom is -0.268 e. The molecule has 0 fully saturated rings. The van der Waals surface area contributed by atoms with Crippen molar-refractivity contribution in [1.29, 1.82) is 0 Å². The first-order valence-corrected chi connectivity index (χ1v) is 12.7. The lowest BCUT2D eigenvalue weighted by Crippen LogP contribution is -2.22. The van der Waals surface area contributed by atoms with E-state index in [2.05, 4.69) is 38.9 Å². The van der Waals surface area contributed by atoms with Gasteiger partial charge in [0.25, 0.3) is 5.56 Å². The van der Waals surface area contributed by atoms with Gasteiger partial charge in [0.2, 0.25) is 5.78 Å². The van der Waals surface area contributed by atoms with Crippen LogP contribution in [0.25, 0.3) is 21.7 Å². The van der Waals surface area contributed by atoms with Crippen molar-refractivity contribution in [2.75, 3.05) is 0 Å². The van der Waals surface area contributed by atoms with E-state index in [1.54, 1.807) is 27.7 Å². The van der Waals surface area contributed by atoms with Crippen LogP contribution in [0.5, 0.6) is 0 Å². The topological polar surface area (TPSA) is 52.2 Å². The first kappa shape index (κ1) is 19.8. The Morgan fingerprint density at radius 3 is 2.72 bits per heavy atom. The Bertz CT molecular complexity index is 1510. The molecule has 6 rings (SSSR count). The van der Waals surface area contributed by atoms with Crippen molar-refractivity contribution in [3.05, 3.63) is 86.5 Å². The molecule has 0 saturated carbocycles. The summed E-state index contributed by atoms with van der Waals surface area (Å²) in [5.74, 6) is 1.39. The zero-order valence-electron chi connectivity index (χ0n) is 17.7. The Balaban J connectivity index is 1.62. The summed E-state index contributed by atoms with van der Waals surface area (Å²) in [7, 11) is 0. The number of hydrogen-bond acceptors (Lipinski definition) is 5. The number of thioether (sulfide) groups is 1. The van der Waals surface area contributed by atoms with Crippen LogP contribution < -0.4 is 5.56 Å². The summed E-state index contributed by atoms with van der Waals surface area (Å²) in [6, 6.07) is 18.4. The van der Waals surface area contributed by atoms with Gasteiger partial charge >= 0.3 is 0 Å². The summed E-state index contributed by atoms with van der Waals surface area (Å²) in [5.41, 5.74) is 4.44. The Hall–Kier alpha value is -2.90. The predicted octanol–water partition coefficient (Wildman–Crippen LogP) is 5.57. The normalized spacial score (nSPS) is 13.7. The molecular formula is C25H22N4OS2. The van der Waals surface area contributed by atoms with Gasteiger partial charge in [-0.25, -0.2) is 8.97 Å². The van der Waals surface area contributed by atoms with Crippen molar-refractivity contribution >= 4 is 39.1 Å². The summed E-state index contributed by atoms with van der Waals surface area (Å²) in [5, 5.41) is 10.7. The SMILES string of the molecule is Cc1cccc(-n2c(=O)c3c4c(sc3n3c(SCc5ccccc5)nnc23)CCCC4)c1. The van der Waals surface area contributed by atoms with Gasteiger partial charge in [-0.1, -0.05) is 54.2 Å². The molecule has 7 heteroatoms. The maximum absolute atomic E-state index is 13.9. The van der Waals surface area contributed by atoms with Crippen molar-refractivity contribution in [2.24, 2.45) is 0 Å². The fourth-order valence-corrected chi connectivity index (χ4v) is 6.86. The van der Waals surface area contributed by atoms with Crippen LogP contribution in [0.2, 0.25) is 0 Å². The second-order valence-corrected chi connectivity index (χ2v) is 10.3. The second-order valence-electron chi connectivity index (χ2n) is 8.26. The van der Waals surface area contributed by atoms with Crippen molar-refractivity contribution in [3.63, 3.8) is 0 Å². The van der Waals surface area contributed by atoms with E-state index in [1.807, 2.05) is 37.3 Å². The third-order valence-electron chi connectivity index (χ3n) is 6.06. The van der Waals surface area contributed by atoms with Gasteiger partial charge in [-0.05, 0) is 61.4 Å². The molecule has 1 aliphatic carbocycles. The number of nitrogens with zero attached hydrogens (tertiary/aromatic N) is 4. The highest BCUT2D eigenvalue weighted by Crippen LogP contribution is 2.37. The van der Waals surface area contributed by atoms with Gasteiger partial charge < -0.3 is 0 Å². The monoisotopic (exact) mass is 458 g/mol. The van der Waals surface area contributed by atoms with Gasteiger partial charge in [-0.2, -0.15) is 0 Å². The number of benzene rings is 2. The number of thiophene rings is 1. The fourth-order valence-electron chi connectivity index (χ4n) is 4.53. The molecule has 3 aromatic heterocycles. The summed E-state index contributed by atoms with van der Waals surface area (Å²) in [6.45, 7) is 2.04. The molecule has 32 heavy (non-hydrogen) atoms. The van der Waals surface area contributed by atoms with Crippen molar-refractivity contribution in [3.8, 4) is 5.69 Å². The minimum atomic E-state index is 0.0181. The highest BCUT2D eigenvalue weighted by Gasteiger charge is 2.25. The van der Waals surface area contributed by atoms with Gasteiger partial charge in [0.05, 0.1) is 11.1 Å². The van der Waals surface area contributed by atoms with E-state index in [-0.39, 0.29) is 5.56 Å². The molecule has 0 aliphatic heterocycles. The summed E-state index contributed by atoms with van der Waals surface area (Å²) in [6.07, 6.45) is 4.35. The van der Waals surface area contributed by atoms with Gasteiger partial charge in [-0.15, -0.1) is 21.5 Å². The molecule has 0 radical (unpaired) electrons. The van der Waals surface area contributed by atoms with E-state index in [0.717, 1.165) is 51.6 Å². The number of rotatable bonds is 4. The first-order chi connectivity index (χ1) is 15.7. The summed E-state index contributed by atoms with van der Waals surface area (Å²) < 4.78 is 3.85. The minimum absolute atomic E-state index is 0.0181. The molecule has 0 spiro atoms. The molecule has 3 heterocycles. The molecule has 5 aromatic rings. The van der Waals surface area contributed by atoms with Crippen molar-refractivity contribution < 1.29 is 0 Å². The standard InChI is InChI=1S/C25H22N4OS2/c1-16-8-7-11-18(14-16)28-22(30)21-19-12-5-6-13-20(19)32-23(21)29-24(28)26-27-25(29)31-15-17-9-3-2-4-10-17/h2-4,7-11,14H,5-6,12-13,15H2,1H3. The number of aromatic nitrogens is 4. The van der Waals surface area contributed by atoms with Crippen LogP contribution in [-0.2, 0) is 18.6 Å². The fraction of sp³-hybridized carbons (Fsp3) is 0.240. The molecule has 160 valence electrons. The largest absolute Gasteiger partial charge is 0.268 e. The van der Waals surface area contributed by atoms with Gasteiger partial charge in [0.1, 0.15) is 4.83 Å². The molecule has 1 aliphatic rings. The lowest BCUT2D eigenvalue weighted by atomic mass is 9.97. The van der Waals surface area contributed by atoms with Crippen LogP contribution in [0.3, 0.4) is 0 Å². The van der Waals surface area contributed by atoms with Gasteiger partial charge in [0, 0.05) is 10.6 Å². The third-order valence-corrected chi connectivity index (χ3v) is 8.34. The Morgan fingerprint density at radius 2 is 1.88 bits per heavy atom. The maximum atomic E-state index is 13.9. The lowest BCUT2D eigenvalue weighted by molar-refractivity contribution is 0.699. The van der Waals surface area contributed by atoms with E-state index in [0.29, 0.717) is 5.78 Å². The molecule has 0 amide bonds. The molecule has 0 N–H and O–H groups in total. The Labute approximate surface area is 193 Å².